The molecule has 8 heteroatoms. The van der Waals surface area contributed by atoms with E-state index < -0.39 is 0 Å². The zero-order valence-electron chi connectivity index (χ0n) is 15.0. The van der Waals surface area contributed by atoms with Gasteiger partial charge in [0.2, 0.25) is 11.7 Å². The molecule has 4 aromatic heterocycles. The maximum absolute atomic E-state index is 5.38. The molecular weight excluding hydrogens is 386 g/mol. The Morgan fingerprint density at radius 3 is 2.62 bits per heavy atom. The molecule has 0 N–H and O–H groups in total. The standard InChI is InChI=1S/C21H13N5O2S/c1-2-7-14-13(6-1)20-22-15-8-3-4-9-16(15)26(20)21(23-14)29-12-18-24-19(25-28-18)17-10-5-11-27-17/h1-11H,12H2. The number of para-hydroxylation sites is 3. The molecule has 0 fully saturated rings. The first-order valence-corrected chi connectivity index (χ1v) is 10.0. The fraction of sp³-hybridized carbons (Fsp3) is 0.0476. The van der Waals surface area contributed by atoms with E-state index in [1.54, 1.807) is 18.4 Å². The summed E-state index contributed by atoms with van der Waals surface area (Å²) in [4.78, 5) is 14.1. The summed E-state index contributed by atoms with van der Waals surface area (Å²) in [5, 5.41) is 5.83. The normalized spacial score (nSPS) is 11.7. The number of rotatable bonds is 4. The van der Waals surface area contributed by atoms with Gasteiger partial charge in [-0.1, -0.05) is 41.2 Å². The first kappa shape index (κ1) is 16.3. The van der Waals surface area contributed by atoms with E-state index in [9.17, 15) is 0 Å². The minimum atomic E-state index is 0.440. The summed E-state index contributed by atoms with van der Waals surface area (Å²) in [6.07, 6.45) is 1.58. The van der Waals surface area contributed by atoms with Crippen LogP contribution in [0.1, 0.15) is 5.89 Å². The molecule has 6 rings (SSSR count). The average Bonchev–Trinajstić information content (AvgIpc) is 3.51. The molecule has 140 valence electrons. The van der Waals surface area contributed by atoms with Crippen LogP contribution >= 0.6 is 11.8 Å². The number of benzene rings is 2. The summed E-state index contributed by atoms with van der Waals surface area (Å²) in [6.45, 7) is 0. The number of aromatic nitrogens is 5. The highest BCUT2D eigenvalue weighted by atomic mass is 32.2. The fourth-order valence-corrected chi connectivity index (χ4v) is 4.20. The van der Waals surface area contributed by atoms with Crippen molar-refractivity contribution in [2.75, 3.05) is 0 Å². The minimum absolute atomic E-state index is 0.440. The number of fused-ring (bicyclic) bond motifs is 5. The summed E-state index contributed by atoms with van der Waals surface area (Å²) in [5.41, 5.74) is 3.75. The number of nitrogens with zero attached hydrogens (tertiary/aromatic N) is 5. The zero-order valence-corrected chi connectivity index (χ0v) is 15.8. The lowest BCUT2D eigenvalue weighted by molar-refractivity contribution is 0.390. The molecule has 0 saturated carbocycles. The van der Waals surface area contributed by atoms with Crippen molar-refractivity contribution in [1.82, 2.24) is 24.5 Å². The van der Waals surface area contributed by atoms with Gasteiger partial charge in [-0.3, -0.25) is 4.40 Å². The van der Waals surface area contributed by atoms with Crippen molar-refractivity contribution in [2.24, 2.45) is 0 Å². The van der Waals surface area contributed by atoms with Crippen LogP contribution in [-0.2, 0) is 5.75 Å². The van der Waals surface area contributed by atoms with Gasteiger partial charge in [0.1, 0.15) is 5.65 Å². The molecule has 0 atom stereocenters. The summed E-state index contributed by atoms with van der Waals surface area (Å²) in [7, 11) is 0. The second-order valence-electron chi connectivity index (χ2n) is 6.45. The highest BCUT2D eigenvalue weighted by molar-refractivity contribution is 7.98. The van der Waals surface area contributed by atoms with Gasteiger partial charge in [-0.25, -0.2) is 9.97 Å². The Morgan fingerprint density at radius 1 is 0.862 bits per heavy atom. The fourth-order valence-electron chi connectivity index (χ4n) is 3.36. The summed E-state index contributed by atoms with van der Waals surface area (Å²) in [5.74, 6) is 2.02. The largest absolute Gasteiger partial charge is 0.461 e. The van der Waals surface area contributed by atoms with Crippen LogP contribution in [-0.4, -0.2) is 24.5 Å². The van der Waals surface area contributed by atoms with Crippen molar-refractivity contribution in [3.63, 3.8) is 0 Å². The van der Waals surface area contributed by atoms with E-state index >= 15 is 0 Å². The second kappa shape index (κ2) is 6.46. The molecule has 0 aliphatic carbocycles. The Morgan fingerprint density at radius 2 is 1.72 bits per heavy atom. The SMILES string of the molecule is c1coc(-c2noc(CSc3nc4ccccc4c4nc5ccccc5n34)n2)c1. The molecule has 29 heavy (non-hydrogen) atoms. The Kier molecular flexibility index (Phi) is 3.63. The molecular formula is C21H13N5O2S. The Bertz CT molecular complexity index is 1470. The number of imidazole rings is 1. The van der Waals surface area contributed by atoms with E-state index in [-0.39, 0.29) is 0 Å². The lowest BCUT2D eigenvalue weighted by Gasteiger charge is -2.07. The molecule has 0 spiro atoms. The summed E-state index contributed by atoms with van der Waals surface area (Å²) < 4.78 is 12.8. The molecule has 0 radical (unpaired) electrons. The van der Waals surface area contributed by atoms with Crippen LogP contribution in [0.15, 0.2) is 81.0 Å². The highest BCUT2D eigenvalue weighted by Gasteiger charge is 2.16. The van der Waals surface area contributed by atoms with Crippen molar-refractivity contribution in [3.8, 4) is 11.6 Å². The van der Waals surface area contributed by atoms with Crippen LogP contribution in [0.5, 0.6) is 0 Å². The third-order valence-electron chi connectivity index (χ3n) is 4.65. The van der Waals surface area contributed by atoms with Gasteiger partial charge in [0.05, 0.1) is 28.6 Å². The van der Waals surface area contributed by atoms with E-state index in [1.807, 2.05) is 42.5 Å². The van der Waals surface area contributed by atoms with E-state index in [0.29, 0.717) is 23.2 Å². The topological polar surface area (TPSA) is 82.2 Å². The van der Waals surface area contributed by atoms with Gasteiger partial charge in [-0.2, -0.15) is 4.98 Å². The monoisotopic (exact) mass is 399 g/mol. The molecule has 2 aromatic carbocycles. The molecule has 0 unspecified atom stereocenters. The average molecular weight is 399 g/mol. The minimum Gasteiger partial charge on any atom is -0.461 e. The Labute approximate surface area is 168 Å². The third-order valence-corrected chi connectivity index (χ3v) is 5.57. The molecule has 7 nitrogen and oxygen atoms in total. The summed E-state index contributed by atoms with van der Waals surface area (Å²) >= 11 is 1.53. The van der Waals surface area contributed by atoms with Crippen LogP contribution in [0.3, 0.4) is 0 Å². The van der Waals surface area contributed by atoms with E-state index in [4.69, 9.17) is 18.9 Å². The van der Waals surface area contributed by atoms with Crippen LogP contribution < -0.4 is 0 Å². The number of hydrogen-bond acceptors (Lipinski definition) is 7. The van der Waals surface area contributed by atoms with Gasteiger partial charge in [0, 0.05) is 5.39 Å². The highest BCUT2D eigenvalue weighted by Crippen LogP contribution is 2.30. The quantitative estimate of drug-likeness (QED) is 0.306. The van der Waals surface area contributed by atoms with Gasteiger partial charge >= 0.3 is 0 Å². The van der Waals surface area contributed by atoms with Crippen LogP contribution in [0, 0.1) is 0 Å². The zero-order chi connectivity index (χ0) is 19.2. The van der Waals surface area contributed by atoms with Gasteiger partial charge in [-0.15, -0.1) is 0 Å². The first-order chi connectivity index (χ1) is 14.4. The van der Waals surface area contributed by atoms with Crippen molar-refractivity contribution in [3.05, 3.63) is 72.8 Å². The predicted octanol–water partition coefficient (Wildman–Crippen LogP) is 4.97. The molecule has 0 bridgehead atoms. The van der Waals surface area contributed by atoms with Crippen LogP contribution in [0.25, 0.3) is 39.2 Å². The van der Waals surface area contributed by atoms with Crippen LogP contribution in [0.2, 0.25) is 0 Å². The van der Waals surface area contributed by atoms with Gasteiger partial charge in [0.25, 0.3) is 0 Å². The molecule has 0 saturated heterocycles. The predicted molar refractivity (Wildman–Crippen MR) is 110 cm³/mol. The number of thioether (sulfide) groups is 1. The van der Waals surface area contributed by atoms with Gasteiger partial charge in [-0.05, 0) is 36.4 Å². The lowest BCUT2D eigenvalue weighted by Crippen LogP contribution is -1.97. The van der Waals surface area contributed by atoms with Crippen molar-refractivity contribution >= 4 is 39.3 Å². The molecule has 0 aliphatic rings. The van der Waals surface area contributed by atoms with Crippen LogP contribution in [0.4, 0.5) is 0 Å². The van der Waals surface area contributed by atoms with E-state index in [1.165, 1.54) is 11.8 Å². The van der Waals surface area contributed by atoms with Gasteiger partial charge in [0.15, 0.2) is 10.9 Å². The smallest absolute Gasteiger partial charge is 0.238 e. The Balaban J connectivity index is 1.44. The number of furan rings is 1. The van der Waals surface area contributed by atoms with Crippen molar-refractivity contribution in [2.45, 2.75) is 10.9 Å². The second-order valence-corrected chi connectivity index (χ2v) is 7.39. The van der Waals surface area contributed by atoms with E-state index in [2.05, 4.69) is 20.6 Å². The maximum atomic E-state index is 5.38. The van der Waals surface area contributed by atoms with Crippen molar-refractivity contribution < 1.29 is 8.94 Å². The van der Waals surface area contributed by atoms with E-state index in [0.717, 1.165) is 32.7 Å². The first-order valence-electron chi connectivity index (χ1n) is 9.02. The maximum Gasteiger partial charge on any atom is 0.238 e. The molecule has 4 heterocycles. The molecule has 0 aliphatic heterocycles. The number of hydrogen-bond donors (Lipinski definition) is 0. The van der Waals surface area contributed by atoms with Gasteiger partial charge < -0.3 is 8.94 Å². The summed E-state index contributed by atoms with van der Waals surface area (Å²) in [6, 6.07) is 19.7. The molecule has 0 amide bonds. The lowest BCUT2D eigenvalue weighted by atomic mass is 10.2. The third kappa shape index (κ3) is 2.68. The molecule has 6 aromatic rings. The van der Waals surface area contributed by atoms with Crippen molar-refractivity contribution in [1.29, 1.82) is 0 Å². The Hall–Kier alpha value is -3.65.